The summed E-state index contributed by atoms with van der Waals surface area (Å²) in [6.45, 7) is 5.95. The number of guanidine groups is 1. The molecule has 1 aromatic rings. The molecule has 2 fully saturated rings. The Hall–Kier alpha value is -1.91. The van der Waals surface area contributed by atoms with E-state index < -0.39 is 0 Å². The van der Waals surface area contributed by atoms with E-state index in [0.717, 1.165) is 42.7 Å². The minimum atomic E-state index is 0.583. The maximum atomic E-state index is 5.38. The number of hydrogen-bond donors (Lipinski definition) is 1. The molecular formula is C19H29N3O2. The highest BCUT2D eigenvalue weighted by Gasteiger charge is 2.43. The monoisotopic (exact) mass is 331 g/mol. The summed E-state index contributed by atoms with van der Waals surface area (Å²) in [6, 6.07) is 5.99. The second-order valence-electron chi connectivity index (χ2n) is 6.88. The van der Waals surface area contributed by atoms with E-state index in [1.807, 2.05) is 18.2 Å². The van der Waals surface area contributed by atoms with E-state index in [4.69, 9.17) is 14.5 Å². The molecule has 1 saturated heterocycles. The number of ether oxygens (including phenoxy) is 2. The molecule has 0 amide bonds. The Balaban J connectivity index is 1.70. The lowest BCUT2D eigenvalue weighted by Crippen LogP contribution is -2.42. The topological polar surface area (TPSA) is 46.1 Å². The standard InChI is InChI=1S/C19H29N3O2/c1-4-20-18(22-11-10-19(14-22)8-5-9-19)21-13-15-6-7-16(23-2)17(12-15)24-3/h6-7,12H,4-5,8-11,13-14H2,1-3H3,(H,20,21). The first-order valence-electron chi connectivity index (χ1n) is 8.94. The quantitative estimate of drug-likeness (QED) is 0.665. The van der Waals surface area contributed by atoms with E-state index in [2.05, 4.69) is 17.1 Å². The fourth-order valence-corrected chi connectivity index (χ4v) is 3.77. The largest absolute Gasteiger partial charge is 0.493 e. The molecular weight excluding hydrogens is 302 g/mol. The van der Waals surface area contributed by atoms with E-state index in [0.29, 0.717) is 12.0 Å². The summed E-state index contributed by atoms with van der Waals surface area (Å²) in [6.07, 6.45) is 5.48. The number of benzene rings is 1. The normalized spacial score (nSPS) is 19.3. The Morgan fingerprint density at radius 3 is 2.58 bits per heavy atom. The highest BCUT2D eigenvalue weighted by molar-refractivity contribution is 5.80. The van der Waals surface area contributed by atoms with Gasteiger partial charge in [0.05, 0.1) is 20.8 Å². The zero-order chi connectivity index (χ0) is 17.0. The molecule has 0 aromatic heterocycles. The molecule has 1 saturated carbocycles. The van der Waals surface area contributed by atoms with Crippen LogP contribution < -0.4 is 14.8 Å². The molecule has 1 heterocycles. The summed E-state index contributed by atoms with van der Waals surface area (Å²) < 4.78 is 10.7. The van der Waals surface area contributed by atoms with Crippen LogP contribution in [0.4, 0.5) is 0 Å². The van der Waals surface area contributed by atoms with Crippen molar-refractivity contribution in [3.05, 3.63) is 23.8 Å². The maximum absolute atomic E-state index is 5.38. The van der Waals surface area contributed by atoms with Gasteiger partial charge in [-0.15, -0.1) is 0 Å². The molecule has 0 bridgehead atoms. The van der Waals surface area contributed by atoms with Crippen LogP contribution in [0.25, 0.3) is 0 Å². The summed E-state index contributed by atoms with van der Waals surface area (Å²) in [5.74, 6) is 2.55. The fourth-order valence-electron chi connectivity index (χ4n) is 3.77. The van der Waals surface area contributed by atoms with Gasteiger partial charge >= 0.3 is 0 Å². The van der Waals surface area contributed by atoms with Crippen molar-refractivity contribution in [2.45, 2.75) is 39.2 Å². The van der Waals surface area contributed by atoms with Crippen molar-refractivity contribution >= 4 is 5.96 Å². The SMILES string of the molecule is CCNC(=NCc1ccc(OC)c(OC)c1)N1CCC2(CCC2)C1. The van der Waals surface area contributed by atoms with Crippen molar-refractivity contribution in [2.24, 2.45) is 10.4 Å². The van der Waals surface area contributed by atoms with Crippen molar-refractivity contribution < 1.29 is 9.47 Å². The number of likely N-dealkylation sites (tertiary alicyclic amines) is 1. The van der Waals surface area contributed by atoms with Crippen LogP contribution in [0, 0.1) is 5.41 Å². The third-order valence-electron chi connectivity index (χ3n) is 5.35. The third kappa shape index (κ3) is 3.45. The zero-order valence-electron chi connectivity index (χ0n) is 15.1. The highest BCUT2D eigenvalue weighted by Crippen LogP contribution is 2.47. The fraction of sp³-hybridized carbons (Fsp3) is 0.632. The van der Waals surface area contributed by atoms with Crippen LogP contribution in [0.5, 0.6) is 11.5 Å². The van der Waals surface area contributed by atoms with Gasteiger partial charge in [0.15, 0.2) is 17.5 Å². The molecule has 3 rings (SSSR count). The molecule has 1 aliphatic heterocycles. The van der Waals surface area contributed by atoms with Crippen molar-refractivity contribution in [1.82, 2.24) is 10.2 Å². The van der Waals surface area contributed by atoms with Gasteiger partial charge in [-0.2, -0.15) is 0 Å². The summed E-state index contributed by atoms with van der Waals surface area (Å²) >= 11 is 0. The lowest BCUT2D eigenvalue weighted by molar-refractivity contribution is 0.151. The molecule has 1 spiro atoms. The van der Waals surface area contributed by atoms with Crippen LogP contribution in [0.3, 0.4) is 0 Å². The second-order valence-corrected chi connectivity index (χ2v) is 6.88. The summed E-state index contributed by atoms with van der Waals surface area (Å²) in [7, 11) is 3.32. The van der Waals surface area contributed by atoms with Crippen LogP contribution in [0.1, 0.15) is 38.2 Å². The van der Waals surface area contributed by atoms with Gasteiger partial charge in [0.1, 0.15) is 0 Å². The minimum Gasteiger partial charge on any atom is -0.493 e. The van der Waals surface area contributed by atoms with E-state index in [1.165, 1.54) is 25.7 Å². The maximum Gasteiger partial charge on any atom is 0.194 e. The lowest BCUT2D eigenvalue weighted by Gasteiger charge is -2.38. The van der Waals surface area contributed by atoms with Crippen LogP contribution in [-0.2, 0) is 6.54 Å². The van der Waals surface area contributed by atoms with Crippen molar-refractivity contribution in [1.29, 1.82) is 0 Å². The Bertz CT molecular complexity index is 596. The van der Waals surface area contributed by atoms with Crippen LogP contribution >= 0.6 is 0 Å². The third-order valence-corrected chi connectivity index (χ3v) is 5.35. The van der Waals surface area contributed by atoms with Crippen molar-refractivity contribution in [2.75, 3.05) is 33.9 Å². The molecule has 2 aliphatic rings. The van der Waals surface area contributed by atoms with Gasteiger partial charge in [-0.05, 0) is 49.3 Å². The van der Waals surface area contributed by atoms with Crippen LogP contribution in [0.2, 0.25) is 0 Å². The molecule has 0 atom stereocenters. The first kappa shape index (κ1) is 16.9. The number of aliphatic imine (C=N–C) groups is 1. The molecule has 0 radical (unpaired) electrons. The zero-order valence-corrected chi connectivity index (χ0v) is 15.1. The minimum absolute atomic E-state index is 0.583. The molecule has 1 N–H and O–H groups in total. The summed E-state index contributed by atoms with van der Waals surface area (Å²) in [5.41, 5.74) is 1.71. The Kier molecular flexibility index (Phi) is 5.17. The second kappa shape index (κ2) is 7.32. The van der Waals surface area contributed by atoms with Gasteiger partial charge in [-0.3, -0.25) is 0 Å². The van der Waals surface area contributed by atoms with Crippen molar-refractivity contribution in [3.8, 4) is 11.5 Å². The molecule has 5 heteroatoms. The smallest absolute Gasteiger partial charge is 0.194 e. The molecule has 0 unspecified atom stereocenters. The van der Waals surface area contributed by atoms with E-state index in [9.17, 15) is 0 Å². The van der Waals surface area contributed by atoms with E-state index >= 15 is 0 Å². The average molecular weight is 331 g/mol. The highest BCUT2D eigenvalue weighted by atomic mass is 16.5. The predicted molar refractivity (Wildman–Crippen MR) is 96.8 cm³/mol. The molecule has 1 aromatic carbocycles. The number of rotatable bonds is 5. The molecule has 24 heavy (non-hydrogen) atoms. The molecule has 1 aliphatic carbocycles. The van der Waals surface area contributed by atoms with Gasteiger partial charge in [0.25, 0.3) is 0 Å². The van der Waals surface area contributed by atoms with Crippen LogP contribution in [0.15, 0.2) is 23.2 Å². The summed E-state index contributed by atoms with van der Waals surface area (Å²) in [5, 5.41) is 3.45. The average Bonchev–Trinajstić information content (AvgIpc) is 3.04. The molecule has 132 valence electrons. The number of hydrogen-bond acceptors (Lipinski definition) is 3. The lowest BCUT2D eigenvalue weighted by atomic mass is 9.68. The number of methoxy groups -OCH3 is 2. The van der Waals surface area contributed by atoms with Gasteiger partial charge in [0, 0.05) is 19.6 Å². The number of nitrogens with one attached hydrogen (secondary N) is 1. The van der Waals surface area contributed by atoms with Crippen LogP contribution in [-0.4, -0.2) is 44.7 Å². The van der Waals surface area contributed by atoms with Crippen molar-refractivity contribution in [3.63, 3.8) is 0 Å². The Morgan fingerprint density at radius 2 is 2.00 bits per heavy atom. The Labute approximate surface area is 145 Å². The Morgan fingerprint density at radius 1 is 1.21 bits per heavy atom. The first-order chi connectivity index (χ1) is 11.7. The molecule has 5 nitrogen and oxygen atoms in total. The summed E-state index contributed by atoms with van der Waals surface area (Å²) in [4.78, 5) is 7.29. The predicted octanol–water partition coefficient (Wildman–Crippen LogP) is 3.05. The van der Waals surface area contributed by atoms with Gasteiger partial charge in [-0.1, -0.05) is 12.5 Å². The van der Waals surface area contributed by atoms with E-state index in [-0.39, 0.29) is 0 Å². The van der Waals surface area contributed by atoms with Gasteiger partial charge in [0.2, 0.25) is 0 Å². The van der Waals surface area contributed by atoms with Gasteiger partial charge in [-0.25, -0.2) is 4.99 Å². The number of nitrogens with zero attached hydrogens (tertiary/aromatic N) is 2. The van der Waals surface area contributed by atoms with E-state index in [1.54, 1.807) is 14.2 Å². The first-order valence-corrected chi connectivity index (χ1v) is 8.94. The van der Waals surface area contributed by atoms with Gasteiger partial charge < -0.3 is 19.7 Å².